The number of carbonyl (C=O) groups is 1. The summed E-state index contributed by atoms with van der Waals surface area (Å²) in [6, 6.07) is 7.95. The highest BCUT2D eigenvalue weighted by Gasteiger charge is 2.27. The van der Waals surface area contributed by atoms with E-state index in [9.17, 15) is 4.79 Å². The molecule has 2 N–H and O–H groups in total. The van der Waals surface area contributed by atoms with Crippen molar-refractivity contribution in [2.75, 3.05) is 17.2 Å². The van der Waals surface area contributed by atoms with Gasteiger partial charge in [0, 0.05) is 23.2 Å². The quantitative estimate of drug-likeness (QED) is 0.874. The zero-order valence-corrected chi connectivity index (χ0v) is 11.0. The fraction of sp³-hybridized carbons (Fsp3) is 0.462. The molecule has 2 atom stereocenters. The number of amides is 1. The summed E-state index contributed by atoms with van der Waals surface area (Å²) in [6.45, 7) is 4.56. The van der Waals surface area contributed by atoms with Crippen molar-refractivity contribution in [3.05, 3.63) is 24.3 Å². The second kappa shape index (κ2) is 5.10. The molecule has 0 saturated carbocycles. The lowest BCUT2D eigenvalue weighted by Crippen LogP contribution is -2.44. The van der Waals surface area contributed by atoms with Crippen molar-refractivity contribution < 1.29 is 4.79 Å². The first kappa shape index (κ1) is 12.5. The predicted molar refractivity (Wildman–Crippen MR) is 72.3 cm³/mol. The Labute approximate surface area is 106 Å². The second-order valence-electron chi connectivity index (χ2n) is 4.45. The molecule has 1 aromatic rings. The standard InChI is InChI=1S/C13H18N2OS/c1-9(10(2)14)13(16)15-7-8-17-12-6-4-3-5-11(12)15/h3-6,9-10H,7-8,14H2,1-2H3. The summed E-state index contributed by atoms with van der Waals surface area (Å²) < 4.78 is 0. The molecule has 92 valence electrons. The normalized spacial score (nSPS) is 18.4. The highest BCUT2D eigenvalue weighted by atomic mass is 32.2. The van der Waals surface area contributed by atoms with E-state index in [-0.39, 0.29) is 17.9 Å². The van der Waals surface area contributed by atoms with E-state index in [0.29, 0.717) is 0 Å². The Morgan fingerprint density at radius 1 is 1.41 bits per heavy atom. The van der Waals surface area contributed by atoms with E-state index in [0.717, 1.165) is 18.0 Å². The number of hydrogen-bond acceptors (Lipinski definition) is 3. The monoisotopic (exact) mass is 250 g/mol. The molecule has 2 rings (SSSR count). The van der Waals surface area contributed by atoms with Gasteiger partial charge in [0.2, 0.25) is 5.91 Å². The third kappa shape index (κ3) is 2.48. The smallest absolute Gasteiger partial charge is 0.231 e. The van der Waals surface area contributed by atoms with E-state index in [1.54, 1.807) is 11.8 Å². The van der Waals surface area contributed by atoms with E-state index in [1.165, 1.54) is 4.90 Å². The van der Waals surface area contributed by atoms with E-state index in [1.807, 2.05) is 36.9 Å². The van der Waals surface area contributed by atoms with Crippen LogP contribution in [0.15, 0.2) is 29.2 Å². The summed E-state index contributed by atoms with van der Waals surface area (Å²) >= 11 is 1.80. The minimum atomic E-state index is -0.133. The molecule has 0 aromatic heterocycles. The summed E-state index contributed by atoms with van der Waals surface area (Å²) in [5.74, 6) is 0.952. The molecule has 1 amide bonds. The molecular formula is C13H18N2OS. The van der Waals surface area contributed by atoms with Crippen molar-refractivity contribution in [1.82, 2.24) is 0 Å². The van der Waals surface area contributed by atoms with E-state index >= 15 is 0 Å². The zero-order chi connectivity index (χ0) is 12.4. The summed E-state index contributed by atoms with van der Waals surface area (Å²) in [4.78, 5) is 15.4. The number of benzene rings is 1. The largest absolute Gasteiger partial charge is 0.327 e. The molecule has 0 bridgehead atoms. The van der Waals surface area contributed by atoms with Gasteiger partial charge in [-0.05, 0) is 19.1 Å². The SMILES string of the molecule is CC(N)C(C)C(=O)N1CCSc2ccccc21. The number of nitrogens with two attached hydrogens (primary N) is 1. The maximum atomic E-state index is 12.3. The Bertz CT molecular complexity index is 420. The summed E-state index contributed by atoms with van der Waals surface area (Å²) in [5, 5.41) is 0. The van der Waals surface area contributed by atoms with Crippen LogP contribution in [0.4, 0.5) is 5.69 Å². The van der Waals surface area contributed by atoms with Gasteiger partial charge in [-0.15, -0.1) is 11.8 Å². The average Bonchev–Trinajstić information content (AvgIpc) is 2.36. The van der Waals surface area contributed by atoms with Gasteiger partial charge in [0.15, 0.2) is 0 Å². The number of nitrogens with zero attached hydrogens (tertiary/aromatic N) is 1. The molecule has 2 unspecified atom stereocenters. The molecule has 1 heterocycles. The van der Waals surface area contributed by atoms with Crippen molar-refractivity contribution in [3.8, 4) is 0 Å². The summed E-state index contributed by atoms with van der Waals surface area (Å²) in [5.41, 5.74) is 6.84. The van der Waals surface area contributed by atoms with Gasteiger partial charge >= 0.3 is 0 Å². The summed E-state index contributed by atoms with van der Waals surface area (Å²) in [7, 11) is 0. The van der Waals surface area contributed by atoms with Crippen molar-refractivity contribution in [2.45, 2.75) is 24.8 Å². The molecule has 1 aliphatic rings. The van der Waals surface area contributed by atoms with Crippen LogP contribution in [0.5, 0.6) is 0 Å². The number of carbonyl (C=O) groups excluding carboxylic acids is 1. The van der Waals surface area contributed by atoms with Crippen LogP contribution >= 0.6 is 11.8 Å². The van der Waals surface area contributed by atoms with Crippen molar-refractivity contribution >= 4 is 23.4 Å². The summed E-state index contributed by atoms with van der Waals surface area (Å²) in [6.07, 6.45) is 0. The number of hydrogen-bond donors (Lipinski definition) is 1. The van der Waals surface area contributed by atoms with E-state index in [4.69, 9.17) is 5.73 Å². The average molecular weight is 250 g/mol. The fourth-order valence-corrected chi connectivity index (χ4v) is 2.86. The molecule has 0 aliphatic carbocycles. The van der Waals surface area contributed by atoms with Gasteiger partial charge in [0.05, 0.1) is 11.6 Å². The first-order valence-electron chi connectivity index (χ1n) is 5.90. The first-order chi connectivity index (χ1) is 8.11. The third-order valence-corrected chi connectivity index (χ3v) is 4.22. The van der Waals surface area contributed by atoms with Crippen LogP contribution in [0.2, 0.25) is 0 Å². The van der Waals surface area contributed by atoms with Crippen LogP contribution < -0.4 is 10.6 Å². The molecule has 4 heteroatoms. The number of fused-ring (bicyclic) bond motifs is 1. The van der Waals surface area contributed by atoms with Crippen molar-refractivity contribution in [2.24, 2.45) is 11.7 Å². The van der Waals surface area contributed by atoms with Crippen molar-refractivity contribution in [3.63, 3.8) is 0 Å². The van der Waals surface area contributed by atoms with Crippen LogP contribution in [0.1, 0.15) is 13.8 Å². The Hall–Kier alpha value is -1.00. The van der Waals surface area contributed by atoms with Crippen LogP contribution in [0.3, 0.4) is 0 Å². The highest BCUT2D eigenvalue weighted by molar-refractivity contribution is 7.99. The van der Waals surface area contributed by atoms with Gasteiger partial charge in [0.25, 0.3) is 0 Å². The molecule has 0 spiro atoms. The predicted octanol–water partition coefficient (Wildman–Crippen LogP) is 2.11. The molecule has 1 aromatic carbocycles. The maximum absolute atomic E-state index is 12.3. The molecule has 0 saturated heterocycles. The minimum absolute atomic E-state index is 0.107. The number of anilines is 1. The molecule has 0 radical (unpaired) electrons. The molecule has 1 aliphatic heterocycles. The van der Waals surface area contributed by atoms with Gasteiger partial charge in [-0.25, -0.2) is 0 Å². The Morgan fingerprint density at radius 2 is 2.12 bits per heavy atom. The van der Waals surface area contributed by atoms with Crippen LogP contribution in [0.25, 0.3) is 0 Å². The minimum Gasteiger partial charge on any atom is -0.327 e. The van der Waals surface area contributed by atoms with Gasteiger partial charge in [-0.1, -0.05) is 19.1 Å². The number of rotatable bonds is 2. The third-order valence-electron chi connectivity index (χ3n) is 3.17. The molecular weight excluding hydrogens is 232 g/mol. The Balaban J connectivity index is 2.27. The fourth-order valence-electron chi connectivity index (χ4n) is 1.87. The lowest BCUT2D eigenvalue weighted by atomic mass is 10.0. The van der Waals surface area contributed by atoms with Gasteiger partial charge in [-0.3, -0.25) is 4.79 Å². The Morgan fingerprint density at radius 3 is 2.82 bits per heavy atom. The topological polar surface area (TPSA) is 46.3 Å². The molecule has 0 fully saturated rings. The lowest BCUT2D eigenvalue weighted by molar-refractivity contribution is -0.122. The first-order valence-corrected chi connectivity index (χ1v) is 6.88. The van der Waals surface area contributed by atoms with Gasteiger partial charge in [-0.2, -0.15) is 0 Å². The van der Waals surface area contributed by atoms with Crippen molar-refractivity contribution in [1.29, 1.82) is 0 Å². The molecule has 17 heavy (non-hydrogen) atoms. The maximum Gasteiger partial charge on any atom is 0.231 e. The van der Waals surface area contributed by atoms with E-state index < -0.39 is 0 Å². The van der Waals surface area contributed by atoms with Crippen LogP contribution in [-0.2, 0) is 4.79 Å². The van der Waals surface area contributed by atoms with Gasteiger partial charge in [0.1, 0.15) is 0 Å². The van der Waals surface area contributed by atoms with Crippen LogP contribution in [0, 0.1) is 5.92 Å². The lowest BCUT2D eigenvalue weighted by Gasteiger charge is -2.31. The second-order valence-corrected chi connectivity index (χ2v) is 5.59. The number of thioether (sulfide) groups is 1. The molecule has 3 nitrogen and oxygen atoms in total. The van der Waals surface area contributed by atoms with Crippen LogP contribution in [-0.4, -0.2) is 24.2 Å². The number of para-hydroxylation sites is 1. The zero-order valence-electron chi connectivity index (χ0n) is 10.2. The Kier molecular flexibility index (Phi) is 3.74. The van der Waals surface area contributed by atoms with E-state index in [2.05, 4.69) is 6.07 Å². The highest BCUT2D eigenvalue weighted by Crippen LogP contribution is 2.35. The van der Waals surface area contributed by atoms with Gasteiger partial charge < -0.3 is 10.6 Å².